The quantitative estimate of drug-likeness (QED) is 0.878. The fraction of sp³-hybridized carbons (Fsp3) is 0.684. The molecule has 0 radical (unpaired) electrons. The van der Waals surface area contributed by atoms with Crippen molar-refractivity contribution in [2.45, 2.75) is 51.4 Å². The van der Waals surface area contributed by atoms with Crippen molar-refractivity contribution in [3.05, 3.63) is 29.8 Å². The van der Waals surface area contributed by atoms with Crippen molar-refractivity contribution >= 4 is 12.4 Å². The molecule has 1 aliphatic heterocycles. The molecule has 0 aromatic heterocycles. The highest BCUT2D eigenvalue weighted by Gasteiger charge is 2.38. The maximum Gasteiger partial charge on any atom is 0.115 e. The topological polar surface area (TPSA) is 23.5 Å². The second-order valence-electron chi connectivity index (χ2n) is 7.53. The van der Waals surface area contributed by atoms with E-state index in [2.05, 4.69) is 24.8 Å². The third-order valence-corrected chi connectivity index (χ3v) is 6.06. The third-order valence-electron chi connectivity index (χ3n) is 6.06. The van der Waals surface area contributed by atoms with Crippen LogP contribution in [-0.2, 0) is 5.41 Å². The molecule has 2 nitrogen and oxygen atoms in total. The lowest BCUT2D eigenvalue weighted by Crippen LogP contribution is -2.48. The summed E-state index contributed by atoms with van der Waals surface area (Å²) in [6.45, 7) is 8.46. The highest BCUT2D eigenvalue weighted by atomic mass is 35.5. The minimum absolute atomic E-state index is 0. The SMILES string of the molecule is C[C@H]1CN(CC2CCCC2)CC[C@]1(C)c1cccc(O)c1.Cl. The lowest BCUT2D eigenvalue weighted by molar-refractivity contribution is 0.0972. The molecule has 1 aromatic carbocycles. The number of piperidine rings is 1. The molecule has 2 aliphatic rings. The molecular formula is C19H30ClNO. The number of halogens is 1. The van der Waals surface area contributed by atoms with Crippen molar-refractivity contribution in [3.63, 3.8) is 0 Å². The molecule has 1 saturated heterocycles. The Balaban J connectivity index is 0.00000176. The minimum Gasteiger partial charge on any atom is -0.508 e. The van der Waals surface area contributed by atoms with Crippen LogP contribution >= 0.6 is 12.4 Å². The Morgan fingerprint density at radius 1 is 1.27 bits per heavy atom. The van der Waals surface area contributed by atoms with Gasteiger partial charge in [0.15, 0.2) is 0 Å². The summed E-state index contributed by atoms with van der Waals surface area (Å²) in [4.78, 5) is 2.69. The smallest absolute Gasteiger partial charge is 0.115 e. The maximum atomic E-state index is 9.78. The van der Waals surface area contributed by atoms with Crippen LogP contribution in [0.4, 0.5) is 0 Å². The van der Waals surface area contributed by atoms with E-state index in [1.807, 2.05) is 12.1 Å². The van der Waals surface area contributed by atoms with Gasteiger partial charge in [-0.3, -0.25) is 0 Å². The number of benzene rings is 1. The lowest BCUT2D eigenvalue weighted by atomic mass is 9.68. The van der Waals surface area contributed by atoms with Crippen LogP contribution in [0.15, 0.2) is 24.3 Å². The molecule has 2 atom stereocenters. The number of phenols is 1. The Morgan fingerprint density at radius 3 is 2.64 bits per heavy atom. The molecule has 3 heteroatoms. The zero-order chi connectivity index (χ0) is 14.9. The average Bonchev–Trinajstić information content (AvgIpc) is 2.96. The van der Waals surface area contributed by atoms with Gasteiger partial charge in [-0.05, 0) is 60.8 Å². The van der Waals surface area contributed by atoms with Gasteiger partial charge in [-0.15, -0.1) is 12.4 Å². The van der Waals surface area contributed by atoms with E-state index in [0.29, 0.717) is 11.7 Å². The van der Waals surface area contributed by atoms with Gasteiger partial charge in [0.05, 0.1) is 0 Å². The third kappa shape index (κ3) is 3.60. The van der Waals surface area contributed by atoms with E-state index in [1.54, 1.807) is 6.07 Å². The van der Waals surface area contributed by atoms with Gasteiger partial charge in [0.25, 0.3) is 0 Å². The summed E-state index contributed by atoms with van der Waals surface area (Å²) in [6.07, 6.45) is 6.96. The van der Waals surface area contributed by atoms with Crippen LogP contribution in [0.2, 0.25) is 0 Å². The Bertz CT molecular complexity index is 486. The van der Waals surface area contributed by atoms with Crippen LogP contribution in [0.1, 0.15) is 51.5 Å². The summed E-state index contributed by atoms with van der Waals surface area (Å²) < 4.78 is 0. The Kier molecular flexibility index (Phi) is 5.79. The van der Waals surface area contributed by atoms with Gasteiger partial charge < -0.3 is 10.0 Å². The standard InChI is InChI=1S/C19H29NO.ClH/c1-15-13-20(14-16-6-3-4-7-16)11-10-19(15,2)17-8-5-9-18(21)12-17;/h5,8-9,12,15-16,21H,3-4,6-7,10-11,13-14H2,1-2H3;1H/t15-,19-;/m0./s1. The van der Waals surface area contributed by atoms with Crippen molar-refractivity contribution in [1.82, 2.24) is 4.90 Å². The molecule has 1 N–H and O–H groups in total. The predicted molar refractivity (Wildman–Crippen MR) is 94.9 cm³/mol. The summed E-state index contributed by atoms with van der Waals surface area (Å²) in [5, 5.41) is 9.78. The van der Waals surface area contributed by atoms with E-state index in [1.165, 1.54) is 57.3 Å². The Labute approximate surface area is 141 Å². The van der Waals surface area contributed by atoms with E-state index < -0.39 is 0 Å². The molecule has 1 heterocycles. The molecule has 3 rings (SSSR count). The van der Waals surface area contributed by atoms with Gasteiger partial charge >= 0.3 is 0 Å². The molecular weight excluding hydrogens is 294 g/mol. The predicted octanol–water partition coefficient (Wildman–Crippen LogP) is 4.60. The number of nitrogens with zero attached hydrogens (tertiary/aromatic N) is 1. The zero-order valence-electron chi connectivity index (χ0n) is 13.9. The van der Waals surface area contributed by atoms with Crippen LogP contribution in [0.5, 0.6) is 5.75 Å². The number of aromatic hydroxyl groups is 1. The molecule has 0 unspecified atom stereocenters. The molecule has 0 bridgehead atoms. The summed E-state index contributed by atoms with van der Waals surface area (Å²) in [7, 11) is 0. The van der Waals surface area contributed by atoms with Crippen molar-refractivity contribution in [2.24, 2.45) is 11.8 Å². The van der Waals surface area contributed by atoms with Crippen molar-refractivity contribution in [3.8, 4) is 5.75 Å². The van der Waals surface area contributed by atoms with E-state index in [9.17, 15) is 5.11 Å². The first kappa shape index (κ1) is 17.6. The average molecular weight is 324 g/mol. The largest absolute Gasteiger partial charge is 0.508 e. The van der Waals surface area contributed by atoms with E-state index in [-0.39, 0.29) is 17.8 Å². The summed E-state index contributed by atoms with van der Waals surface area (Å²) in [6, 6.07) is 7.90. The molecule has 124 valence electrons. The van der Waals surface area contributed by atoms with Crippen LogP contribution in [-0.4, -0.2) is 29.6 Å². The molecule has 1 aromatic rings. The second-order valence-corrected chi connectivity index (χ2v) is 7.53. The lowest BCUT2D eigenvalue weighted by Gasteiger charge is -2.45. The van der Waals surface area contributed by atoms with Gasteiger partial charge in [0.1, 0.15) is 5.75 Å². The normalized spacial score (nSPS) is 30.2. The molecule has 1 saturated carbocycles. The molecule has 2 fully saturated rings. The van der Waals surface area contributed by atoms with Gasteiger partial charge in [-0.25, -0.2) is 0 Å². The number of hydrogen-bond acceptors (Lipinski definition) is 2. The second kappa shape index (κ2) is 7.23. The molecule has 0 amide bonds. The first-order valence-corrected chi connectivity index (χ1v) is 8.60. The first-order valence-electron chi connectivity index (χ1n) is 8.60. The van der Waals surface area contributed by atoms with Gasteiger partial charge in [0, 0.05) is 13.1 Å². The number of hydrogen-bond donors (Lipinski definition) is 1. The monoisotopic (exact) mass is 323 g/mol. The maximum absolute atomic E-state index is 9.78. The van der Waals surface area contributed by atoms with E-state index >= 15 is 0 Å². The van der Waals surface area contributed by atoms with Gasteiger partial charge in [-0.1, -0.05) is 38.8 Å². The van der Waals surface area contributed by atoms with E-state index in [4.69, 9.17) is 0 Å². The van der Waals surface area contributed by atoms with Crippen LogP contribution in [0, 0.1) is 11.8 Å². The molecule has 0 spiro atoms. The van der Waals surface area contributed by atoms with Crippen molar-refractivity contribution < 1.29 is 5.11 Å². The van der Waals surface area contributed by atoms with Crippen LogP contribution in [0.3, 0.4) is 0 Å². The molecule has 22 heavy (non-hydrogen) atoms. The highest BCUT2D eigenvalue weighted by molar-refractivity contribution is 5.85. The summed E-state index contributed by atoms with van der Waals surface area (Å²) in [5.74, 6) is 1.98. The van der Waals surface area contributed by atoms with Gasteiger partial charge in [-0.2, -0.15) is 0 Å². The minimum atomic E-state index is 0. The van der Waals surface area contributed by atoms with E-state index in [0.717, 1.165) is 5.92 Å². The van der Waals surface area contributed by atoms with Crippen LogP contribution < -0.4 is 0 Å². The van der Waals surface area contributed by atoms with Gasteiger partial charge in [0.2, 0.25) is 0 Å². The van der Waals surface area contributed by atoms with Crippen LogP contribution in [0.25, 0.3) is 0 Å². The first-order chi connectivity index (χ1) is 10.1. The zero-order valence-corrected chi connectivity index (χ0v) is 14.7. The number of phenolic OH excluding ortho intramolecular Hbond substituents is 1. The fourth-order valence-corrected chi connectivity index (χ4v) is 4.33. The van der Waals surface area contributed by atoms with Crippen molar-refractivity contribution in [2.75, 3.05) is 19.6 Å². The summed E-state index contributed by atoms with van der Waals surface area (Å²) >= 11 is 0. The number of likely N-dealkylation sites (tertiary alicyclic amines) is 1. The molecule has 1 aliphatic carbocycles. The highest BCUT2D eigenvalue weighted by Crippen LogP contribution is 2.40. The number of rotatable bonds is 3. The summed E-state index contributed by atoms with van der Waals surface area (Å²) in [5.41, 5.74) is 1.50. The Morgan fingerprint density at radius 2 is 2.00 bits per heavy atom. The fourth-order valence-electron chi connectivity index (χ4n) is 4.33. The Hall–Kier alpha value is -0.730. The van der Waals surface area contributed by atoms with Crippen molar-refractivity contribution in [1.29, 1.82) is 0 Å².